The molecule has 0 fully saturated rings. The van der Waals surface area contributed by atoms with Crippen LogP contribution >= 0.6 is 0 Å². The van der Waals surface area contributed by atoms with Gasteiger partial charge in [0.2, 0.25) is 9.76 Å². The van der Waals surface area contributed by atoms with Crippen molar-refractivity contribution in [3.8, 4) is 0 Å². The zero-order chi connectivity index (χ0) is 21.7. The average molecular weight is 427 g/mol. The second-order valence-corrected chi connectivity index (χ2v) is 11.3. The van der Waals surface area contributed by atoms with Gasteiger partial charge in [0, 0.05) is 6.92 Å². The van der Waals surface area contributed by atoms with Crippen LogP contribution in [0.1, 0.15) is 137 Å². The van der Waals surface area contributed by atoms with Gasteiger partial charge in [-0.15, -0.1) is 0 Å². The van der Waals surface area contributed by atoms with Crippen LogP contribution in [0.15, 0.2) is 0 Å². The quantitative estimate of drug-likeness (QED) is 0.136. The van der Waals surface area contributed by atoms with Crippen LogP contribution in [0.5, 0.6) is 0 Å². The molecule has 0 spiro atoms. The van der Waals surface area contributed by atoms with E-state index in [4.69, 9.17) is 4.43 Å². The fourth-order valence-corrected chi connectivity index (χ4v) is 5.60. The SMILES string of the molecule is CC(=O)O[SiH2]CCCCCCCCCCCCCCCCCC(C(C)C)C(C)C. The van der Waals surface area contributed by atoms with Crippen molar-refractivity contribution >= 4 is 15.7 Å². The van der Waals surface area contributed by atoms with Crippen molar-refractivity contribution in [3.63, 3.8) is 0 Å². The predicted molar refractivity (Wildman–Crippen MR) is 132 cm³/mol. The number of unbranched alkanes of at least 4 members (excludes halogenated alkanes) is 14. The van der Waals surface area contributed by atoms with Gasteiger partial charge in [-0.1, -0.05) is 124 Å². The molecule has 0 bridgehead atoms. The van der Waals surface area contributed by atoms with E-state index in [1.165, 1.54) is 110 Å². The summed E-state index contributed by atoms with van der Waals surface area (Å²) >= 11 is 0. The largest absolute Gasteiger partial charge is 0.525 e. The third-order valence-electron chi connectivity index (χ3n) is 6.45. The van der Waals surface area contributed by atoms with Gasteiger partial charge in [-0.25, -0.2) is 0 Å². The molecular formula is C26H54O2Si. The Morgan fingerprint density at radius 1 is 0.621 bits per heavy atom. The highest BCUT2D eigenvalue weighted by Crippen LogP contribution is 2.26. The molecule has 0 saturated heterocycles. The fourth-order valence-electron chi connectivity index (χ4n) is 4.61. The maximum absolute atomic E-state index is 10.7. The van der Waals surface area contributed by atoms with Crippen LogP contribution in [-0.4, -0.2) is 15.7 Å². The van der Waals surface area contributed by atoms with Crippen molar-refractivity contribution in [1.82, 2.24) is 0 Å². The van der Waals surface area contributed by atoms with Gasteiger partial charge >= 0.3 is 0 Å². The summed E-state index contributed by atoms with van der Waals surface area (Å²) in [5.74, 6) is 2.52. The highest BCUT2D eigenvalue weighted by atomic mass is 28.2. The summed E-state index contributed by atoms with van der Waals surface area (Å²) in [5, 5.41) is 0. The predicted octanol–water partition coefficient (Wildman–Crippen LogP) is 8.22. The molecule has 0 aliphatic heterocycles. The van der Waals surface area contributed by atoms with E-state index in [1.54, 1.807) is 0 Å². The van der Waals surface area contributed by atoms with Crippen LogP contribution in [0.25, 0.3) is 0 Å². The highest BCUT2D eigenvalue weighted by molar-refractivity contribution is 6.30. The minimum Gasteiger partial charge on any atom is -0.525 e. The summed E-state index contributed by atoms with van der Waals surface area (Å²) in [6.45, 7) is 11.1. The molecule has 0 aromatic carbocycles. The average Bonchev–Trinajstić information content (AvgIpc) is 2.65. The van der Waals surface area contributed by atoms with Crippen molar-refractivity contribution in [2.45, 2.75) is 143 Å². The Morgan fingerprint density at radius 2 is 0.966 bits per heavy atom. The molecule has 2 nitrogen and oxygen atoms in total. The fraction of sp³-hybridized carbons (Fsp3) is 0.962. The summed E-state index contributed by atoms with van der Waals surface area (Å²) in [6, 6.07) is 1.16. The van der Waals surface area contributed by atoms with Gasteiger partial charge in [0.15, 0.2) is 0 Å². The number of hydrogen-bond donors (Lipinski definition) is 0. The number of rotatable bonds is 21. The van der Waals surface area contributed by atoms with Gasteiger partial charge in [0.05, 0.1) is 0 Å². The second kappa shape index (κ2) is 20.9. The van der Waals surface area contributed by atoms with E-state index >= 15 is 0 Å². The molecule has 0 aromatic heterocycles. The third kappa shape index (κ3) is 20.7. The second-order valence-electron chi connectivity index (χ2n) is 9.94. The Morgan fingerprint density at radius 3 is 1.31 bits per heavy atom. The van der Waals surface area contributed by atoms with Gasteiger partial charge in [0.1, 0.15) is 0 Å². The first-order valence-electron chi connectivity index (χ1n) is 13.1. The molecule has 0 rings (SSSR count). The van der Waals surface area contributed by atoms with E-state index in [-0.39, 0.29) is 5.97 Å². The van der Waals surface area contributed by atoms with E-state index in [0.29, 0.717) is 0 Å². The first-order valence-corrected chi connectivity index (χ1v) is 14.7. The minimum atomic E-state index is -0.560. The van der Waals surface area contributed by atoms with E-state index in [1.807, 2.05) is 0 Å². The van der Waals surface area contributed by atoms with Crippen LogP contribution in [0.4, 0.5) is 0 Å². The molecule has 0 heterocycles. The Hall–Kier alpha value is -0.313. The molecular weight excluding hydrogens is 372 g/mol. The first kappa shape index (κ1) is 28.7. The summed E-state index contributed by atoms with van der Waals surface area (Å²) in [6.07, 6.45) is 22.6. The first-order chi connectivity index (χ1) is 13.9. The molecule has 0 aliphatic rings. The topological polar surface area (TPSA) is 26.3 Å². The molecule has 0 saturated carbocycles. The molecule has 0 amide bonds. The zero-order valence-electron chi connectivity index (χ0n) is 20.8. The number of carbonyl (C=O) groups excluding carboxylic acids is 1. The Bertz CT molecular complexity index is 347. The lowest BCUT2D eigenvalue weighted by molar-refractivity contribution is -0.131. The van der Waals surface area contributed by atoms with Crippen molar-refractivity contribution in [1.29, 1.82) is 0 Å². The smallest absolute Gasteiger partial charge is 0.288 e. The van der Waals surface area contributed by atoms with E-state index in [2.05, 4.69) is 27.7 Å². The Labute approximate surface area is 186 Å². The maximum Gasteiger partial charge on any atom is 0.288 e. The third-order valence-corrected chi connectivity index (χ3v) is 7.85. The highest BCUT2D eigenvalue weighted by Gasteiger charge is 2.16. The van der Waals surface area contributed by atoms with Gasteiger partial charge in [-0.3, -0.25) is 4.79 Å². The molecule has 0 N–H and O–H groups in total. The van der Waals surface area contributed by atoms with Crippen molar-refractivity contribution in [2.75, 3.05) is 0 Å². The van der Waals surface area contributed by atoms with Gasteiger partial charge in [0.25, 0.3) is 5.97 Å². The molecule has 174 valence electrons. The zero-order valence-corrected chi connectivity index (χ0v) is 22.2. The van der Waals surface area contributed by atoms with Gasteiger partial charge in [-0.2, -0.15) is 0 Å². The lowest BCUT2D eigenvalue weighted by Crippen LogP contribution is -2.15. The standard InChI is InChI=1S/C26H54O2Si/c1-23(2)26(24(3)4)21-19-17-15-13-11-9-7-6-8-10-12-14-16-18-20-22-29-28-25(5)27/h23-24,26H,6-22,29H2,1-5H3. The molecule has 0 atom stereocenters. The van der Waals surface area contributed by atoms with Crippen LogP contribution in [-0.2, 0) is 9.22 Å². The van der Waals surface area contributed by atoms with E-state index in [9.17, 15) is 4.79 Å². The van der Waals surface area contributed by atoms with Crippen LogP contribution in [0, 0.1) is 17.8 Å². The Kier molecular flexibility index (Phi) is 20.7. The minimum absolute atomic E-state index is 0.0893. The lowest BCUT2D eigenvalue weighted by Gasteiger charge is -2.24. The van der Waals surface area contributed by atoms with E-state index in [0.717, 1.165) is 23.8 Å². The van der Waals surface area contributed by atoms with Gasteiger partial charge < -0.3 is 4.43 Å². The molecule has 3 heteroatoms. The summed E-state index contributed by atoms with van der Waals surface area (Å²) in [7, 11) is -0.560. The van der Waals surface area contributed by atoms with Crippen molar-refractivity contribution in [2.24, 2.45) is 17.8 Å². The van der Waals surface area contributed by atoms with Gasteiger partial charge in [-0.05, 0) is 30.2 Å². The van der Waals surface area contributed by atoms with E-state index < -0.39 is 9.76 Å². The lowest BCUT2D eigenvalue weighted by atomic mass is 9.81. The number of hydrogen-bond acceptors (Lipinski definition) is 2. The molecule has 29 heavy (non-hydrogen) atoms. The van der Waals surface area contributed by atoms with Crippen LogP contribution in [0.3, 0.4) is 0 Å². The molecule has 0 aromatic rings. The summed E-state index contributed by atoms with van der Waals surface area (Å²) in [4.78, 5) is 10.7. The summed E-state index contributed by atoms with van der Waals surface area (Å²) < 4.78 is 5.09. The Balaban J connectivity index is 3.18. The van der Waals surface area contributed by atoms with Crippen LogP contribution in [0.2, 0.25) is 6.04 Å². The van der Waals surface area contributed by atoms with Crippen molar-refractivity contribution < 1.29 is 9.22 Å². The van der Waals surface area contributed by atoms with Crippen LogP contribution < -0.4 is 0 Å². The monoisotopic (exact) mass is 426 g/mol. The molecule has 0 radical (unpaired) electrons. The number of carbonyl (C=O) groups is 1. The maximum atomic E-state index is 10.7. The summed E-state index contributed by atoms with van der Waals surface area (Å²) in [5.41, 5.74) is 0. The van der Waals surface area contributed by atoms with Crippen molar-refractivity contribution in [3.05, 3.63) is 0 Å². The molecule has 0 unspecified atom stereocenters. The molecule has 0 aliphatic carbocycles. The normalized spacial score (nSPS) is 12.1.